The summed E-state index contributed by atoms with van der Waals surface area (Å²) in [6, 6.07) is 13.5. The highest BCUT2D eigenvalue weighted by molar-refractivity contribution is 7.89. The Hall–Kier alpha value is -2.38. The van der Waals surface area contributed by atoms with E-state index in [1.165, 1.54) is 24.8 Å². The second-order valence-corrected chi connectivity index (χ2v) is 9.34. The second kappa shape index (κ2) is 9.41. The molecule has 2 aromatic rings. The van der Waals surface area contributed by atoms with E-state index < -0.39 is 15.9 Å². The van der Waals surface area contributed by atoms with Crippen molar-refractivity contribution in [2.45, 2.75) is 62.9 Å². The van der Waals surface area contributed by atoms with E-state index in [0.717, 1.165) is 12.8 Å². The summed E-state index contributed by atoms with van der Waals surface area (Å²) < 4.78 is 30.5. The van der Waals surface area contributed by atoms with Crippen molar-refractivity contribution in [3.05, 3.63) is 59.7 Å². The average molecular weight is 417 g/mol. The Morgan fingerprint density at radius 1 is 0.966 bits per heavy atom. The van der Waals surface area contributed by atoms with Gasteiger partial charge in [-0.3, -0.25) is 10.2 Å². The van der Waals surface area contributed by atoms with Gasteiger partial charge in [0.2, 0.25) is 0 Å². The smallest absolute Gasteiger partial charge is 0.266 e. The van der Waals surface area contributed by atoms with Gasteiger partial charge in [-0.2, -0.15) is 0 Å². The molecule has 0 unspecified atom stereocenters. The fraction of sp³-hybridized carbons (Fsp3) is 0.409. The molecule has 0 heterocycles. The molecule has 2 aromatic carbocycles. The molecule has 1 fully saturated rings. The average Bonchev–Trinajstić information content (AvgIpc) is 2.73. The number of carbonyl (C=O) groups is 1. The Balaban J connectivity index is 1.59. The van der Waals surface area contributed by atoms with Crippen LogP contribution >= 0.6 is 0 Å². The molecular weight excluding hydrogens is 388 g/mol. The number of sulfonamides is 1. The second-order valence-electron chi connectivity index (χ2n) is 7.65. The van der Waals surface area contributed by atoms with Gasteiger partial charge in [0.15, 0.2) is 0 Å². The minimum Gasteiger partial charge on any atom is -0.491 e. The van der Waals surface area contributed by atoms with Gasteiger partial charge in [-0.1, -0.05) is 31.4 Å². The Bertz CT molecular complexity index is 916. The standard InChI is InChI=1S/C22H28N2O4S/c1-16(2)28-20-12-8-19(9-13-20)22(25)23-24-29(26,27)21-14-10-18(11-15-21)17-6-4-3-5-7-17/h8-17,24H,3-7H2,1-2H3,(H,23,25). The molecule has 0 saturated heterocycles. The van der Waals surface area contributed by atoms with Gasteiger partial charge in [-0.25, -0.2) is 8.42 Å². The molecule has 1 aliphatic rings. The topological polar surface area (TPSA) is 84.5 Å². The third-order valence-electron chi connectivity index (χ3n) is 5.05. The highest BCUT2D eigenvalue weighted by atomic mass is 32.2. The molecular formula is C22H28N2O4S. The third-order valence-corrected chi connectivity index (χ3v) is 6.32. The Morgan fingerprint density at radius 2 is 1.59 bits per heavy atom. The molecule has 2 N–H and O–H groups in total. The zero-order valence-electron chi connectivity index (χ0n) is 16.9. The fourth-order valence-electron chi connectivity index (χ4n) is 3.56. The van der Waals surface area contributed by atoms with Gasteiger partial charge in [0.05, 0.1) is 11.0 Å². The first-order chi connectivity index (χ1) is 13.8. The number of carbonyl (C=O) groups excluding carboxylic acids is 1. The number of ether oxygens (including phenoxy) is 1. The summed E-state index contributed by atoms with van der Waals surface area (Å²) in [7, 11) is -3.84. The van der Waals surface area contributed by atoms with E-state index in [-0.39, 0.29) is 11.0 Å². The van der Waals surface area contributed by atoms with Crippen molar-refractivity contribution in [2.75, 3.05) is 0 Å². The molecule has 0 bridgehead atoms. The highest BCUT2D eigenvalue weighted by Crippen LogP contribution is 2.32. The van der Waals surface area contributed by atoms with Gasteiger partial charge in [-0.15, -0.1) is 4.83 Å². The molecule has 0 aliphatic heterocycles. The maximum atomic E-state index is 12.5. The lowest BCUT2D eigenvalue weighted by atomic mass is 9.84. The van der Waals surface area contributed by atoms with Crippen molar-refractivity contribution in [1.82, 2.24) is 10.3 Å². The number of amides is 1. The maximum absolute atomic E-state index is 12.5. The van der Waals surface area contributed by atoms with Crippen LogP contribution in [0.3, 0.4) is 0 Å². The summed E-state index contributed by atoms with van der Waals surface area (Å²) >= 11 is 0. The van der Waals surface area contributed by atoms with Gasteiger partial charge < -0.3 is 4.74 Å². The van der Waals surface area contributed by atoms with Crippen LogP contribution in [0.5, 0.6) is 5.75 Å². The molecule has 0 atom stereocenters. The first-order valence-corrected chi connectivity index (χ1v) is 11.5. The van der Waals surface area contributed by atoms with Crippen molar-refractivity contribution in [2.24, 2.45) is 0 Å². The number of hydrogen-bond donors (Lipinski definition) is 2. The summed E-state index contributed by atoms with van der Waals surface area (Å²) in [5.41, 5.74) is 3.77. The van der Waals surface area contributed by atoms with Crippen molar-refractivity contribution >= 4 is 15.9 Å². The molecule has 6 nitrogen and oxygen atoms in total. The first kappa shape index (κ1) is 21.3. The molecule has 3 rings (SSSR count). The van der Waals surface area contributed by atoms with Gasteiger partial charge in [-0.05, 0) is 74.6 Å². The molecule has 0 aromatic heterocycles. The van der Waals surface area contributed by atoms with E-state index in [0.29, 0.717) is 17.2 Å². The highest BCUT2D eigenvalue weighted by Gasteiger charge is 2.19. The van der Waals surface area contributed by atoms with Gasteiger partial charge in [0, 0.05) is 5.56 Å². The lowest BCUT2D eigenvalue weighted by Crippen LogP contribution is -2.41. The number of benzene rings is 2. The molecule has 1 saturated carbocycles. The van der Waals surface area contributed by atoms with Crippen LogP contribution in [0.4, 0.5) is 0 Å². The molecule has 156 valence electrons. The predicted octanol–water partition coefficient (Wildman–Crippen LogP) is 4.14. The zero-order chi connectivity index (χ0) is 20.9. The largest absolute Gasteiger partial charge is 0.491 e. The van der Waals surface area contributed by atoms with Crippen molar-refractivity contribution < 1.29 is 17.9 Å². The van der Waals surface area contributed by atoms with Crippen molar-refractivity contribution in [1.29, 1.82) is 0 Å². The van der Waals surface area contributed by atoms with E-state index in [1.54, 1.807) is 36.4 Å². The monoisotopic (exact) mass is 416 g/mol. The number of hydrogen-bond acceptors (Lipinski definition) is 4. The summed E-state index contributed by atoms with van der Waals surface area (Å²) in [4.78, 5) is 14.5. The zero-order valence-corrected chi connectivity index (χ0v) is 17.7. The summed E-state index contributed by atoms with van der Waals surface area (Å²) in [5, 5.41) is 0. The maximum Gasteiger partial charge on any atom is 0.266 e. The van der Waals surface area contributed by atoms with Crippen LogP contribution in [0.15, 0.2) is 53.4 Å². The minimum atomic E-state index is -3.84. The first-order valence-electron chi connectivity index (χ1n) is 10.0. The van der Waals surface area contributed by atoms with Crippen LogP contribution in [0.1, 0.15) is 67.8 Å². The van der Waals surface area contributed by atoms with E-state index in [2.05, 4.69) is 10.3 Å². The van der Waals surface area contributed by atoms with E-state index in [4.69, 9.17) is 4.74 Å². The Labute approximate surface area is 172 Å². The van der Waals surface area contributed by atoms with Crippen LogP contribution in [0, 0.1) is 0 Å². The minimum absolute atomic E-state index is 0.0333. The number of rotatable bonds is 7. The van der Waals surface area contributed by atoms with Crippen LogP contribution in [-0.4, -0.2) is 20.4 Å². The lowest BCUT2D eigenvalue weighted by Gasteiger charge is -2.22. The molecule has 1 aliphatic carbocycles. The summed E-state index contributed by atoms with van der Waals surface area (Å²) in [5.74, 6) is 0.620. The molecule has 7 heteroatoms. The number of nitrogens with one attached hydrogen (secondary N) is 2. The van der Waals surface area contributed by atoms with E-state index in [9.17, 15) is 13.2 Å². The van der Waals surface area contributed by atoms with Crippen LogP contribution in [-0.2, 0) is 10.0 Å². The van der Waals surface area contributed by atoms with Gasteiger partial charge >= 0.3 is 0 Å². The lowest BCUT2D eigenvalue weighted by molar-refractivity contribution is 0.0945. The predicted molar refractivity (Wildman–Crippen MR) is 112 cm³/mol. The molecule has 29 heavy (non-hydrogen) atoms. The fourth-order valence-corrected chi connectivity index (χ4v) is 4.40. The molecule has 0 radical (unpaired) electrons. The van der Waals surface area contributed by atoms with Crippen molar-refractivity contribution in [3.63, 3.8) is 0 Å². The quantitative estimate of drug-likeness (QED) is 0.664. The summed E-state index contributed by atoms with van der Waals surface area (Å²) in [6.45, 7) is 3.83. The van der Waals surface area contributed by atoms with Crippen LogP contribution in [0.25, 0.3) is 0 Å². The summed E-state index contributed by atoms with van der Waals surface area (Å²) in [6.07, 6.45) is 6.07. The Morgan fingerprint density at radius 3 is 2.17 bits per heavy atom. The van der Waals surface area contributed by atoms with Gasteiger partial charge in [0.25, 0.3) is 15.9 Å². The van der Waals surface area contributed by atoms with E-state index in [1.807, 2.05) is 26.0 Å². The SMILES string of the molecule is CC(C)Oc1ccc(C(=O)NNS(=O)(=O)c2ccc(C3CCCCC3)cc2)cc1. The van der Waals surface area contributed by atoms with Crippen LogP contribution < -0.4 is 15.0 Å². The molecule has 1 amide bonds. The third kappa shape index (κ3) is 5.81. The van der Waals surface area contributed by atoms with Crippen LogP contribution in [0.2, 0.25) is 0 Å². The van der Waals surface area contributed by atoms with Crippen molar-refractivity contribution in [3.8, 4) is 5.75 Å². The molecule has 0 spiro atoms. The normalized spacial score (nSPS) is 15.3. The Kier molecular flexibility index (Phi) is 6.92. The van der Waals surface area contributed by atoms with Gasteiger partial charge in [0.1, 0.15) is 5.75 Å². The number of hydrazine groups is 1. The van der Waals surface area contributed by atoms with E-state index >= 15 is 0 Å².